The predicted molar refractivity (Wildman–Crippen MR) is 74.6 cm³/mol. The average Bonchev–Trinajstić information content (AvgIpc) is 2.56. The first-order valence-corrected chi connectivity index (χ1v) is 7.77. The first-order valence-electron chi connectivity index (χ1n) is 7.77. The molecule has 0 aromatic rings. The van der Waals surface area contributed by atoms with Crippen molar-refractivity contribution >= 4 is 5.91 Å². The van der Waals surface area contributed by atoms with Gasteiger partial charge >= 0.3 is 0 Å². The van der Waals surface area contributed by atoms with Gasteiger partial charge in [0.15, 0.2) is 0 Å². The van der Waals surface area contributed by atoms with Crippen LogP contribution in [0.25, 0.3) is 0 Å². The van der Waals surface area contributed by atoms with E-state index in [0.717, 1.165) is 26.2 Å². The molecule has 0 spiro atoms. The summed E-state index contributed by atoms with van der Waals surface area (Å²) in [4.78, 5) is 16.8. The zero-order valence-corrected chi connectivity index (χ0v) is 12.1. The van der Waals surface area contributed by atoms with Crippen LogP contribution >= 0.6 is 0 Å². The molecule has 0 aromatic carbocycles. The van der Waals surface area contributed by atoms with Crippen molar-refractivity contribution in [3.8, 4) is 0 Å². The molecule has 1 N–H and O–H groups in total. The summed E-state index contributed by atoms with van der Waals surface area (Å²) < 4.78 is 11.0. The van der Waals surface area contributed by atoms with Gasteiger partial charge in [0, 0.05) is 32.2 Å². The highest BCUT2D eigenvalue weighted by Crippen LogP contribution is 2.17. The molecule has 3 rings (SSSR count). The molecule has 0 radical (unpaired) electrons. The fourth-order valence-corrected chi connectivity index (χ4v) is 3.31. The van der Waals surface area contributed by atoms with Crippen molar-refractivity contribution in [2.75, 3.05) is 59.1 Å². The van der Waals surface area contributed by atoms with Crippen LogP contribution in [0.2, 0.25) is 0 Å². The summed E-state index contributed by atoms with van der Waals surface area (Å²) in [6, 6.07) is 0.611. The van der Waals surface area contributed by atoms with Gasteiger partial charge in [-0.3, -0.25) is 9.69 Å². The number of hydrogen-bond acceptors (Lipinski definition) is 5. The third-order valence-corrected chi connectivity index (χ3v) is 4.52. The number of amides is 1. The van der Waals surface area contributed by atoms with Gasteiger partial charge in [-0.2, -0.15) is 0 Å². The molecule has 3 aliphatic rings. The van der Waals surface area contributed by atoms with Crippen LogP contribution < -0.4 is 5.32 Å². The fourth-order valence-electron chi connectivity index (χ4n) is 3.31. The maximum atomic E-state index is 12.5. The van der Waals surface area contributed by atoms with E-state index < -0.39 is 0 Å². The third-order valence-electron chi connectivity index (χ3n) is 4.52. The van der Waals surface area contributed by atoms with Crippen molar-refractivity contribution in [2.24, 2.45) is 0 Å². The fraction of sp³-hybridized carbons (Fsp3) is 0.929. The normalized spacial score (nSPS) is 30.4. The molecule has 6 heteroatoms. The standard InChI is InChI=1S/C14H25N3O3/c18-14(16-5-8-19-9-6-16)13-11-17(7-10-20-13)12-1-3-15-4-2-12/h12-13,15H,1-11H2. The Morgan fingerprint density at radius 2 is 1.80 bits per heavy atom. The van der Waals surface area contributed by atoms with Gasteiger partial charge in [0.25, 0.3) is 5.91 Å². The quantitative estimate of drug-likeness (QED) is 0.726. The Balaban J connectivity index is 1.55. The Hall–Kier alpha value is -0.690. The van der Waals surface area contributed by atoms with E-state index in [9.17, 15) is 4.79 Å². The van der Waals surface area contributed by atoms with Crippen LogP contribution in [-0.4, -0.2) is 86.9 Å². The Labute approximate surface area is 120 Å². The van der Waals surface area contributed by atoms with E-state index in [1.165, 1.54) is 12.8 Å². The second-order valence-corrected chi connectivity index (χ2v) is 5.77. The lowest BCUT2D eigenvalue weighted by Gasteiger charge is -2.41. The van der Waals surface area contributed by atoms with E-state index in [1.807, 2.05) is 4.90 Å². The highest BCUT2D eigenvalue weighted by Gasteiger charge is 2.33. The van der Waals surface area contributed by atoms with Crippen molar-refractivity contribution in [2.45, 2.75) is 25.0 Å². The second-order valence-electron chi connectivity index (χ2n) is 5.77. The van der Waals surface area contributed by atoms with Gasteiger partial charge < -0.3 is 19.7 Å². The van der Waals surface area contributed by atoms with Gasteiger partial charge in [0.05, 0.1) is 19.8 Å². The molecule has 1 unspecified atom stereocenters. The maximum Gasteiger partial charge on any atom is 0.253 e. The number of rotatable bonds is 2. The Kier molecular flexibility index (Phi) is 4.88. The van der Waals surface area contributed by atoms with Gasteiger partial charge in [0.2, 0.25) is 0 Å². The third kappa shape index (κ3) is 3.31. The number of nitrogens with zero attached hydrogens (tertiary/aromatic N) is 2. The number of carbonyl (C=O) groups is 1. The van der Waals surface area contributed by atoms with Gasteiger partial charge in [-0.05, 0) is 25.9 Å². The second kappa shape index (κ2) is 6.85. The highest BCUT2D eigenvalue weighted by atomic mass is 16.5. The van der Waals surface area contributed by atoms with Gasteiger partial charge in [-0.1, -0.05) is 0 Å². The Morgan fingerprint density at radius 1 is 1.05 bits per heavy atom. The summed E-state index contributed by atoms with van der Waals surface area (Å²) in [5.74, 6) is 0.145. The molecule has 20 heavy (non-hydrogen) atoms. The zero-order valence-electron chi connectivity index (χ0n) is 12.1. The molecular weight excluding hydrogens is 258 g/mol. The van der Waals surface area contributed by atoms with Crippen LogP contribution in [0.4, 0.5) is 0 Å². The number of piperidine rings is 1. The molecule has 0 bridgehead atoms. The highest BCUT2D eigenvalue weighted by molar-refractivity contribution is 5.81. The largest absolute Gasteiger partial charge is 0.378 e. The van der Waals surface area contributed by atoms with Gasteiger partial charge in [-0.25, -0.2) is 0 Å². The molecule has 1 atom stereocenters. The monoisotopic (exact) mass is 283 g/mol. The van der Waals surface area contributed by atoms with E-state index in [4.69, 9.17) is 9.47 Å². The number of carbonyl (C=O) groups excluding carboxylic acids is 1. The first-order chi connectivity index (χ1) is 9.84. The molecule has 0 aliphatic carbocycles. The minimum Gasteiger partial charge on any atom is -0.378 e. The molecule has 3 fully saturated rings. The lowest BCUT2D eigenvalue weighted by atomic mass is 10.0. The molecular formula is C14H25N3O3. The van der Waals surface area contributed by atoms with Crippen molar-refractivity contribution < 1.29 is 14.3 Å². The van der Waals surface area contributed by atoms with E-state index in [1.54, 1.807) is 0 Å². The zero-order chi connectivity index (χ0) is 13.8. The molecule has 6 nitrogen and oxygen atoms in total. The number of hydrogen-bond donors (Lipinski definition) is 1. The van der Waals surface area contributed by atoms with Crippen molar-refractivity contribution in [1.82, 2.24) is 15.1 Å². The smallest absolute Gasteiger partial charge is 0.253 e. The summed E-state index contributed by atoms with van der Waals surface area (Å²) in [7, 11) is 0. The van der Waals surface area contributed by atoms with Crippen molar-refractivity contribution in [1.29, 1.82) is 0 Å². The van der Waals surface area contributed by atoms with E-state index >= 15 is 0 Å². The molecule has 1 amide bonds. The predicted octanol–water partition coefficient (Wildman–Crippen LogP) is -0.702. The Bertz CT molecular complexity index is 328. The molecule has 0 saturated carbocycles. The van der Waals surface area contributed by atoms with Crippen LogP contribution in [0.3, 0.4) is 0 Å². The summed E-state index contributed by atoms with van der Waals surface area (Å²) in [6.45, 7) is 7.25. The maximum absolute atomic E-state index is 12.5. The Morgan fingerprint density at radius 3 is 2.55 bits per heavy atom. The minimum atomic E-state index is -0.281. The molecule has 3 saturated heterocycles. The number of ether oxygens (including phenoxy) is 2. The van der Waals surface area contributed by atoms with E-state index in [0.29, 0.717) is 39.0 Å². The molecule has 3 heterocycles. The number of morpholine rings is 2. The van der Waals surface area contributed by atoms with E-state index in [2.05, 4.69) is 10.2 Å². The van der Waals surface area contributed by atoms with Crippen LogP contribution in [0.15, 0.2) is 0 Å². The van der Waals surface area contributed by atoms with E-state index in [-0.39, 0.29) is 12.0 Å². The summed E-state index contributed by atoms with van der Waals surface area (Å²) in [5, 5.41) is 3.39. The number of nitrogens with one attached hydrogen (secondary N) is 1. The van der Waals surface area contributed by atoms with Crippen LogP contribution in [0, 0.1) is 0 Å². The topological polar surface area (TPSA) is 54.0 Å². The minimum absolute atomic E-state index is 0.145. The summed E-state index contributed by atoms with van der Waals surface area (Å²) in [5.41, 5.74) is 0. The van der Waals surface area contributed by atoms with Gasteiger partial charge in [0.1, 0.15) is 6.10 Å². The van der Waals surface area contributed by atoms with Crippen LogP contribution in [-0.2, 0) is 14.3 Å². The first kappa shape index (κ1) is 14.3. The lowest BCUT2D eigenvalue weighted by molar-refractivity contribution is -0.154. The lowest BCUT2D eigenvalue weighted by Crippen LogP contribution is -2.56. The summed E-state index contributed by atoms with van der Waals surface area (Å²) in [6.07, 6.45) is 2.08. The van der Waals surface area contributed by atoms with Crippen LogP contribution in [0.5, 0.6) is 0 Å². The molecule has 0 aromatic heterocycles. The summed E-state index contributed by atoms with van der Waals surface area (Å²) >= 11 is 0. The van der Waals surface area contributed by atoms with Crippen LogP contribution in [0.1, 0.15) is 12.8 Å². The molecule has 114 valence electrons. The van der Waals surface area contributed by atoms with Gasteiger partial charge in [-0.15, -0.1) is 0 Å². The van der Waals surface area contributed by atoms with Crippen molar-refractivity contribution in [3.63, 3.8) is 0 Å². The SMILES string of the molecule is O=C(C1CN(C2CCNCC2)CCO1)N1CCOCC1. The van der Waals surface area contributed by atoms with Crippen molar-refractivity contribution in [3.05, 3.63) is 0 Å². The molecule has 3 aliphatic heterocycles. The average molecular weight is 283 g/mol.